The summed E-state index contributed by atoms with van der Waals surface area (Å²) in [6.45, 7) is 3.86. The standard InChI is InChI=1S/C19H20N4O4/c1-4-5-8-22-18(24)15-6-7-16(20)21-17(15)23(19(22)25)12-9-13(26-2)11-14(10-12)27-3/h4,6-7,9-11H,1,5,8H2,2-3H3,(H2,20,21). The van der Waals surface area contributed by atoms with Crippen LogP contribution in [0.1, 0.15) is 6.42 Å². The van der Waals surface area contributed by atoms with Crippen LogP contribution in [0.5, 0.6) is 11.5 Å². The van der Waals surface area contributed by atoms with Gasteiger partial charge in [0.25, 0.3) is 5.56 Å². The highest BCUT2D eigenvalue weighted by Crippen LogP contribution is 2.25. The third kappa shape index (κ3) is 3.29. The lowest BCUT2D eigenvalue weighted by atomic mass is 10.2. The van der Waals surface area contributed by atoms with Crippen molar-refractivity contribution in [3.63, 3.8) is 0 Å². The van der Waals surface area contributed by atoms with Crippen LogP contribution in [0.3, 0.4) is 0 Å². The second-order valence-corrected chi connectivity index (χ2v) is 5.83. The number of nitrogen functional groups attached to an aromatic ring is 1. The summed E-state index contributed by atoms with van der Waals surface area (Å²) in [5.74, 6) is 1.20. The van der Waals surface area contributed by atoms with Crippen LogP contribution in [0, 0.1) is 0 Å². The molecule has 0 saturated carbocycles. The molecule has 0 saturated heterocycles. The maximum absolute atomic E-state index is 13.1. The average molecular weight is 368 g/mol. The third-order valence-electron chi connectivity index (χ3n) is 4.16. The lowest BCUT2D eigenvalue weighted by Crippen LogP contribution is -2.39. The summed E-state index contributed by atoms with van der Waals surface area (Å²) in [7, 11) is 3.03. The number of aromatic nitrogens is 3. The third-order valence-corrected chi connectivity index (χ3v) is 4.16. The van der Waals surface area contributed by atoms with E-state index in [-0.39, 0.29) is 23.4 Å². The van der Waals surface area contributed by atoms with Crippen LogP contribution >= 0.6 is 0 Å². The van der Waals surface area contributed by atoms with Gasteiger partial charge in [0.1, 0.15) is 17.3 Å². The Balaban J connectivity index is 2.44. The van der Waals surface area contributed by atoms with Gasteiger partial charge in [0, 0.05) is 24.7 Å². The Morgan fingerprint density at radius 3 is 2.41 bits per heavy atom. The molecular formula is C19H20N4O4. The molecule has 8 heteroatoms. The Morgan fingerprint density at radius 2 is 1.81 bits per heavy atom. The van der Waals surface area contributed by atoms with E-state index in [9.17, 15) is 9.59 Å². The number of nitrogens with two attached hydrogens (primary N) is 1. The van der Waals surface area contributed by atoms with Gasteiger partial charge < -0.3 is 15.2 Å². The van der Waals surface area contributed by atoms with Gasteiger partial charge in [-0.3, -0.25) is 9.36 Å². The smallest absolute Gasteiger partial charge is 0.337 e. The number of rotatable bonds is 6. The van der Waals surface area contributed by atoms with Crippen molar-refractivity contribution in [2.75, 3.05) is 20.0 Å². The first-order valence-electron chi connectivity index (χ1n) is 8.26. The number of pyridine rings is 1. The lowest BCUT2D eigenvalue weighted by Gasteiger charge is -2.15. The van der Waals surface area contributed by atoms with Crippen molar-refractivity contribution < 1.29 is 9.47 Å². The quantitative estimate of drug-likeness (QED) is 0.665. The van der Waals surface area contributed by atoms with Gasteiger partial charge in [-0.2, -0.15) is 0 Å². The van der Waals surface area contributed by atoms with E-state index in [1.54, 1.807) is 30.3 Å². The van der Waals surface area contributed by atoms with Crippen LogP contribution in [0.2, 0.25) is 0 Å². The van der Waals surface area contributed by atoms with E-state index in [1.165, 1.54) is 24.9 Å². The summed E-state index contributed by atoms with van der Waals surface area (Å²) in [5, 5.41) is 0.287. The summed E-state index contributed by atoms with van der Waals surface area (Å²) < 4.78 is 13.1. The molecule has 3 aromatic rings. The number of methoxy groups -OCH3 is 2. The number of ether oxygens (including phenoxy) is 2. The molecule has 0 amide bonds. The van der Waals surface area contributed by atoms with Crippen LogP contribution in [-0.2, 0) is 6.54 Å². The van der Waals surface area contributed by atoms with E-state index in [0.29, 0.717) is 23.6 Å². The first-order valence-corrected chi connectivity index (χ1v) is 8.26. The van der Waals surface area contributed by atoms with Gasteiger partial charge in [-0.1, -0.05) is 6.08 Å². The SMILES string of the molecule is C=CCCn1c(=O)c2ccc(N)nc2n(-c2cc(OC)cc(OC)c2)c1=O. The predicted octanol–water partition coefficient (Wildman–Crippen LogP) is 1.72. The molecule has 0 aliphatic carbocycles. The van der Waals surface area contributed by atoms with E-state index in [0.717, 1.165) is 4.57 Å². The lowest BCUT2D eigenvalue weighted by molar-refractivity contribution is 0.394. The van der Waals surface area contributed by atoms with Gasteiger partial charge >= 0.3 is 5.69 Å². The van der Waals surface area contributed by atoms with E-state index >= 15 is 0 Å². The van der Waals surface area contributed by atoms with Crippen molar-refractivity contribution in [2.45, 2.75) is 13.0 Å². The Bertz CT molecular complexity index is 1110. The minimum Gasteiger partial charge on any atom is -0.497 e. The molecule has 3 rings (SSSR count). The van der Waals surface area contributed by atoms with Crippen molar-refractivity contribution in [2.24, 2.45) is 0 Å². The van der Waals surface area contributed by atoms with Gasteiger partial charge in [-0.05, 0) is 18.6 Å². The monoisotopic (exact) mass is 368 g/mol. The summed E-state index contributed by atoms with van der Waals surface area (Å²) in [6, 6.07) is 8.11. The second-order valence-electron chi connectivity index (χ2n) is 5.83. The Morgan fingerprint density at radius 1 is 1.15 bits per heavy atom. The molecule has 0 unspecified atom stereocenters. The Hall–Kier alpha value is -3.55. The molecule has 2 heterocycles. The number of hydrogen-bond acceptors (Lipinski definition) is 6. The summed E-state index contributed by atoms with van der Waals surface area (Å²) >= 11 is 0. The largest absolute Gasteiger partial charge is 0.497 e. The second kappa shape index (κ2) is 7.36. The molecule has 0 atom stereocenters. The zero-order valence-electron chi connectivity index (χ0n) is 15.1. The first-order chi connectivity index (χ1) is 13.0. The number of anilines is 1. The summed E-state index contributed by atoms with van der Waals surface area (Å²) in [5.41, 5.74) is 5.48. The average Bonchev–Trinajstić information content (AvgIpc) is 2.67. The predicted molar refractivity (Wildman–Crippen MR) is 104 cm³/mol. The van der Waals surface area contributed by atoms with Gasteiger partial charge in [0.05, 0.1) is 25.3 Å². The number of benzene rings is 1. The number of allylic oxidation sites excluding steroid dienone is 1. The maximum atomic E-state index is 13.1. The maximum Gasteiger partial charge on any atom is 0.337 e. The van der Waals surface area contributed by atoms with E-state index in [1.807, 2.05) is 0 Å². The van der Waals surface area contributed by atoms with Gasteiger partial charge in [-0.25, -0.2) is 14.3 Å². The van der Waals surface area contributed by atoms with Crippen LogP contribution in [0.25, 0.3) is 16.7 Å². The van der Waals surface area contributed by atoms with Gasteiger partial charge in [-0.15, -0.1) is 6.58 Å². The van der Waals surface area contributed by atoms with Crippen molar-refractivity contribution in [3.8, 4) is 17.2 Å². The van der Waals surface area contributed by atoms with Gasteiger partial charge in [0.15, 0.2) is 5.65 Å². The minimum absolute atomic E-state index is 0.176. The molecule has 0 fully saturated rings. The first kappa shape index (κ1) is 18.2. The fourth-order valence-electron chi connectivity index (χ4n) is 2.82. The molecule has 8 nitrogen and oxygen atoms in total. The zero-order valence-corrected chi connectivity index (χ0v) is 15.1. The molecule has 2 aromatic heterocycles. The Labute approximate surface area is 155 Å². The molecule has 1 aromatic carbocycles. The van der Waals surface area contributed by atoms with Crippen molar-refractivity contribution >= 4 is 16.9 Å². The Kier molecular flexibility index (Phi) is 4.98. The molecule has 27 heavy (non-hydrogen) atoms. The van der Waals surface area contributed by atoms with E-state index in [4.69, 9.17) is 15.2 Å². The zero-order chi connectivity index (χ0) is 19.6. The van der Waals surface area contributed by atoms with Crippen LogP contribution in [0.15, 0.2) is 52.6 Å². The molecule has 0 bridgehead atoms. The van der Waals surface area contributed by atoms with Crippen LogP contribution < -0.4 is 26.5 Å². The van der Waals surface area contributed by atoms with Crippen molar-refractivity contribution in [1.29, 1.82) is 0 Å². The fourth-order valence-corrected chi connectivity index (χ4v) is 2.82. The van der Waals surface area contributed by atoms with Crippen molar-refractivity contribution in [1.82, 2.24) is 14.1 Å². The normalized spacial score (nSPS) is 10.7. The number of fused-ring (bicyclic) bond motifs is 1. The topological polar surface area (TPSA) is 101 Å². The van der Waals surface area contributed by atoms with Crippen molar-refractivity contribution in [3.05, 3.63) is 63.8 Å². The summed E-state index contributed by atoms with van der Waals surface area (Å²) in [6.07, 6.45) is 2.13. The highest BCUT2D eigenvalue weighted by Gasteiger charge is 2.17. The summed E-state index contributed by atoms with van der Waals surface area (Å²) in [4.78, 5) is 30.2. The molecule has 140 valence electrons. The number of hydrogen-bond donors (Lipinski definition) is 1. The van der Waals surface area contributed by atoms with E-state index in [2.05, 4.69) is 11.6 Å². The molecule has 0 aliphatic rings. The molecule has 2 N–H and O–H groups in total. The molecule has 0 radical (unpaired) electrons. The van der Waals surface area contributed by atoms with Gasteiger partial charge in [0.2, 0.25) is 0 Å². The van der Waals surface area contributed by atoms with Crippen LogP contribution in [0.4, 0.5) is 5.82 Å². The highest BCUT2D eigenvalue weighted by atomic mass is 16.5. The van der Waals surface area contributed by atoms with E-state index < -0.39 is 11.2 Å². The molecular weight excluding hydrogens is 348 g/mol. The number of nitrogens with zero attached hydrogens (tertiary/aromatic N) is 3. The highest BCUT2D eigenvalue weighted by molar-refractivity contribution is 5.77. The fraction of sp³-hybridized carbons (Fsp3) is 0.211. The van der Waals surface area contributed by atoms with Crippen LogP contribution in [-0.4, -0.2) is 28.3 Å². The molecule has 0 aliphatic heterocycles. The molecule has 0 spiro atoms. The minimum atomic E-state index is -0.525.